The normalized spacial score (nSPS) is 40.0. The molecule has 0 spiro atoms. The Labute approximate surface area is 126 Å². The highest BCUT2D eigenvalue weighted by Gasteiger charge is 2.50. The zero-order chi connectivity index (χ0) is 13.7. The topological polar surface area (TPSA) is 20.2 Å². The second-order valence-electron chi connectivity index (χ2n) is 7.41. The average Bonchev–Trinajstić information content (AvgIpc) is 2.40. The van der Waals surface area contributed by atoms with E-state index in [1.54, 1.807) is 0 Å². The molecule has 4 aliphatic carbocycles. The maximum atomic E-state index is 10.8. The summed E-state index contributed by atoms with van der Waals surface area (Å²) in [5.41, 5.74) is 1.22. The molecule has 4 saturated carbocycles. The molecule has 0 aliphatic heterocycles. The molecule has 1 aromatic carbocycles. The highest BCUT2D eigenvalue weighted by Crippen LogP contribution is 2.57. The SMILES string of the molecule is OC(Cc1ccc(Cl)cc1)C1C2CC3CC(C2)CC1C3. The molecule has 5 rings (SSSR count). The summed E-state index contributed by atoms with van der Waals surface area (Å²) in [6, 6.07) is 7.98. The standard InChI is InChI=1S/C18H23ClO/c19-16-3-1-11(2-4-16)10-17(20)18-14-6-12-5-13(8-14)9-15(18)7-12/h1-4,12-15,17-18,20H,5-10H2. The van der Waals surface area contributed by atoms with Crippen molar-refractivity contribution in [1.29, 1.82) is 0 Å². The number of rotatable bonds is 3. The van der Waals surface area contributed by atoms with Gasteiger partial charge in [-0.2, -0.15) is 0 Å². The van der Waals surface area contributed by atoms with E-state index in [-0.39, 0.29) is 6.10 Å². The summed E-state index contributed by atoms with van der Waals surface area (Å²) < 4.78 is 0. The fraction of sp³-hybridized carbons (Fsp3) is 0.667. The molecule has 1 unspecified atom stereocenters. The fourth-order valence-electron chi connectivity index (χ4n) is 5.59. The molecule has 4 bridgehead atoms. The van der Waals surface area contributed by atoms with Gasteiger partial charge in [-0.1, -0.05) is 23.7 Å². The number of aliphatic hydroxyl groups excluding tert-OH is 1. The van der Waals surface area contributed by atoms with E-state index in [0.717, 1.165) is 35.1 Å². The van der Waals surface area contributed by atoms with Gasteiger partial charge in [-0.3, -0.25) is 0 Å². The summed E-state index contributed by atoms with van der Waals surface area (Å²) in [6.07, 6.45) is 7.65. The second-order valence-corrected chi connectivity index (χ2v) is 7.84. The Balaban J connectivity index is 1.48. The van der Waals surface area contributed by atoms with Gasteiger partial charge in [-0.05, 0) is 85.8 Å². The molecule has 0 amide bonds. The first-order valence-electron chi connectivity index (χ1n) is 8.11. The lowest BCUT2D eigenvalue weighted by Gasteiger charge is -2.55. The second kappa shape index (κ2) is 5.03. The minimum absolute atomic E-state index is 0.161. The predicted octanol–water partition coefficient (Wildman–Crippen LogP) is 4.32. The summed E-state index contributed by atoms with van der Waals surface area (Å²) in [4.78, 5) is 0. The van der Waals surface area contributed by atoms with Crippen molar-refractivity contribution in [1.82, 2.24) is 0 Å². The lowest BCUT2D eigenvalue weighted by atomic mass is 9.50. The van der Waals surface area contributed by atoms with Gasteiger partial charge >= 0.3 is 0 Å². The Morgan fingerprint density at radius 1 is 0.950 bits per heavy atom. The van der Waals surface area contributed by atoms with Crippen LogP contribution in [0.1, 0.15) is 37.7 Å². The van der Waals surface area contributed by atoms with Crippen LogP contribution in [0.4, 0.5) is 0 Å². The van der Waals surface area contributed by atoms with Crippen molar-refractivity contribution in [2.75, 3.05) is 0 Å². The molecule has 0 radical (unpaired) electrons. The third-order valence-corrected chi connectivity index (χ3v) is 6.35. The number of hydrogen-bond donors (Lipinski definition) is 1. The largest absolute Gasteiger partial charge is 0.392 e. The van der Waals surface area contributed by atoms with Crippen molar-refractivity contribution in [2.24, 2.45) is 29.6 Å². The Morgan fingerprint density at radius 2 is 1.50 bits per heavy atom. The van der Waals surface area contributed by atoms with Crippen LogP contribution in [0.25, 0.3) is 0 Å². The first-order valence-corrected chi connectivity index (χ1v) is 8.49. The van der Waals surface area contributed by atoms with E-state index < -0.39 is 0 Å². The van der Waals surface area contributed by atoms with Gasteiger partial charge in [0.1, 0.15) is 0 Å². The van der Waals surface area contributed by atoms with Crippen molar-refractivity contribution >= 4 is 11.6 Å². The molecule has 4 fully saturated rings. The Hall–Kier alpha value is -0.530. The summed E-state index contributed by atoms with van der Waals surface area (Å²) in [6.45, 7) is 0. The fourth-order valence-corrected chi connectivity index (χ4v) is 5.72. The van der Waals surface area contributed by atoms with Crippen molar-refractivity contribution in [3.05, 3.63) is 34.9 Å². The third kappa shape index (κ3) is 2.29. The molecule has 2 heteroatoms. The van der Waals surface area contributed by atoms with Gasteiger partial charge in [0.2, 0.25) is 0 Å². The van der Waals surface area contributed by atoms with Gasteiger partial charge < -0.3 is 5.11 Å². The van der Waals surface area contributed by atoms with E-state index in [2.05, 4.69) is 12.1 Å². The first kappa shape index (κ1) is 13.2. The lowest BCUT2D eigenvalue weighted by molar-refractivity contribution is -0.0887. The van der Waals surface area contributed by atoms with E-state index in [0.29, 0.717) is 5.92 Å². The minimum atomic E-state index is -0.161. The van der Waals surface area contributed by atoms with Crippen LogP contribution in [0, 0.1) is 29.6 Å². The first-order chi connectivity index (χ1) is 9.69. The van der Waals surface area contributed by atoms with Crippen LogP contribution >= 0.6 is 11.6 Å². The van der Waals surface area contributed by atoms with Crippen molar-refractivity contribution in [2.45, 2.75) is 44.6 Å². The molecular formula is C18H23ClO. The van der Waals surface area contributed by atoms with Crippen LogP contribution in [0.2, 0.25) is 5.02 Å². The summed E-state index contributed by atoms with van der Waals surface area (Å²) >= 11 is 5.93. The number of halogens is 1. The molecule has 1 atom stereocenters. The summed E-state index contributed by atoms with van der Waals surface area (Å²) in [7, 11) is 0. The molecule has 4 aliphatic rings. The van der Waals surface area contributed by atoms with Crippen LogP contribution in [0.3, 0.4) is 0 Å². The van der Waals surface area contributed by atoms with Crippen molar-refractivity contribution in [3.8, 4) is 0 Å². The molecule has 0 heterocycles. The molecule has 1 aromatic rings. The van der Waals surface area contributed by atoms with E-state index in [9.17, 15) is 5.11 Å². The maximum absolute atomic E-state index is 10.8. The summed E-state index contributed by atoms with van der Waals surface area (Å²) in [5.74, 6) is 4.12. The number of benzene rings is 1. The van der Waals surface area contributed by atoms with Crippen LogP contribution in [0.5, 0.6) is 0 Å². The zero-order valence-electron chi connectivity index (χ0n) is 11.8. The van der Waals surface area contributed by atoms with Crippen LogP contribution in [-0.4, -0.2) is 11.2 Å². The maximum Gasteiger partial charge on any atom is 0.0614 e. The molecule has 1 nitrogen and oxygen atoms in total. The average molecular weight is 291 g/mol. The summed E-state index contributed by atoms with van der Waals surface area (Å²) in [5, 5.41) is 11.5. The van der Waals surface area contributed by atoms with E-state index in [4.69, 9.17) is 11.6 Å². The van der Waals surface area contributed by atoms with Gasteiger partial charge in [0.25, 0.3) is 0 Å². The number of hydrogen-bond acceptors (Lipinski definition) is 1. The van der Waals surface area contributed by atoms with E-state index >= 15 is 0 Å². The van der Waals surface area contributed by atoms with Crippen LogP contribution in [-0.2, 0) is 6.42 Å². The van der Waals surface area contributed by atoms with Gasteiger partial charge in [-0.25, -0.2) is 0 Å². The molecule has 0 saturated heterocycles. The quantitative estimate of drug-likeness (QED) is 0.879. The molecule has 1 N–H and O–H groups in total. The Bertz CT molecular complexity index is 453. The Morgan fingerprint density at radius 3 is 2.05 bits per heavy atom. The zero-order valence-corrected chi connectivity index (χ0v) is 12.6. The van der Waals surface area contributed by atoms with E-state index in [1.807, 2.05) is 12.1 Å². The van der Waals surface area contributed by atoms with Gasteiger partial charge in [0.05, 0.1) is 6.10 Å². The van der Waals surface area contributed by atoms with Crippen LogP contribution < -0.4 is 0 Å². The van der Waals surface area contributed by atoms with Gasteiger partial charge in [0, 0.05) is 5.02 Å². The molecule has 20 heavy (non-hydrogen) atoms. The molecule has 108 valence electrons. The highest BCUT2D eigenvalue weighted by molar-refractivity contribution is 6.30. The number of aliphatic hydroxyl groups is 1. The van der Waals surface area contributed by atoms with Crippen molar-refractivity contribution < 1.29 is 5.11 Å². The third-order valence-electron chi connectivity index (χ3n) is 6.10. The lowest BCUT2D eigenvalue weighted by Crippen LogP contribution is -2.49. The molecular weight excluding hydrogens is 268 g/mol. The van der Waals surface area contributed by atoms with E-state index in [1.165, 1.54) is 37.7 Å². The predicted molar refractivity (Wildman–Crippen MR) is 81.7 cm³/mol. The smallest absolute Gasteiger partial charge is 0.0614 e. The minimum Gasteiger partial charge on any atom is -0.392 e. The van der Waals surface area contributed by atoms with Gasteiger partial charge in [0.15, 0.2) is 0 Å². The van der Waals surface area contributed by atoms with Crippen LogP contribution in [0.15, 0.2) is 24.3 Å². The van der Waals surface area contributed by atoms with Crippen molar-refractivity contribution in [3.63, 3.8) is 0 Å². The molecule has 0 aromatic heterocycles. The monoisotopic (exact) mass is 290 g/mol. The Kier molecular flexibility index (Phi) is 3.31. The highest BCUT2D eigenvalue weighted by atomic mass is 35.5. The van der Waals surface area contributed by atoms with Gasteiger partial charge in [-0.15, -0.1) is 0 Å².